The standard InChI is InChI=1S/C12H18F2N2O/c1-16(8-11(17)4-5-15)7-9-6-10(13)2-3-12(9)14/h2-3,6,11,17H,4-5,7-8,15H2,1H3. The minimum atomic E-state index is -0.540. The number of likely N-dealkylation sites (N-methyl/N-ethyl adjacent to an activating group) is 1. The predicted molar refractivity (Wildman–Crippen MR) is 62.4 cm³/mol. The highest BCUT2D eigenvalue weighted by molar-refractivity contribution is 5.18. The lowest BCUT2D eigenvalue weighted by Crippen LogP contribution is -2.30. The third kappa shape index (κ3) is 4.77. The molecule has 0 saturated heterocycles. The van der Waals surface area contributed by atoms with Crippen molar-refractivity contribution in [2.45, 2.75) is 19.1 Å². The molecule has 0 spiro atoms. The van der Waals surface area contributed by atoms with Gasteiger partial charge in [0.25, 0.3) is 0 Å². The van der Waals surface area contributed by atoms with Gasteiger partial charge >= 0.3 is 0 Å². The lowest BCUT2D eigenvalue weighted by Gasteiger charge is -2.20. The Balaban J connectivity index is 2.55. The predicted octanol–water partition coefficient (Wildman–Crippen LogP) is 1.11. The van der Waals surface area contributed by atoms with Gasteiger partial charge in [0.1, 0.15) is 11.6 Å². The van der Waals surface area contributed by atoms with Gasteiger partial charge in [0.2, 0.25) is 0 Å². The van der Waals surface area contributed by atoms with E-state index < -0.39 is 17.7 Å². The molecule has 1 aromatic rings. The minimum absolute atomic E-state index is 0.255. The first-order valence-corrected chi connectivity index (χ1v) is 5.53. The Kier molecular flexibility index (Phi) is 5.47. The summed E-state index contributed by atoms with van der Waals surface area (Å²) < 4.78 is 26.3. The number of rotatable bonds is 6. The summed E-state index contributed by atoms with van der Waals surface area (Å²) in [5, 5.41) is 9.53. The molecule has 5 heteroatoms. The van der Waals surface area contributed by atoms with Crippen LogP contribution in [0.15, 0.2) is 18.2 Å². The van der Waals surface area contributed by atoms with Crippen LogP contribution in [0.4, 0.5) is 8.78 Å². The Labute approximate surface area is 99.8 Å². The maximum atomic E-state index is 13.3. The van der Waals surface area contributed by atoms with Crippen LogP contribution in [-0.4, -0.2) is 36.2 Å². The zero-order valence-corrected chi connectivity index (χ0v) is 9.87. The lowest BCUT2D eigenvalue weighted by molar-refractivity contribution is 0.116. The van der Waals surface area contributed by atoms with Crippen molar-refractivity contribution in [1.29, 1.82) is 0 Å². The Hall–Kier alpha value is -1.04. The van der Waals surface area contributed by atoms with Crippen LogP contribution in [0.25, 0.3) is 0 Å². The third-order valence-corrected chi connectivity index (χ3v) is 2.47. The summed E-state index contributed by atoms with van der Waals surface area (Å²) in [7, 11) is 1.74. The zero-order chi connectivity index (χ0) is 12.8. The van der Waals surface area contributed by atoms with E-state index in [1.54, 1.807) is 11.9 Å². The number of benzene rings is 1. The summed E-state index contributed by atoms with van der Waals surface area (Å²) in [6.07, 6.45) is -0.0442. The molecule has 96 valence electrons. The topological polar surface area (TPSA) is 49.5 Å². The second kappa shape index (κ2) is 6.64. The highest BCUT2D eigenvalue weighted by Gasteiger charge is 2.10. The van der Waals surface area contributed by atoms with Crippen LogP contribution in [0, 0.1) is 11.6 Å². The molecule has 0 bridgehead atoms. The number of nitrogens with zero attached hydrogens (tertiary/aromatic N) is 1. The molecule has 0 aromatic heterocycles. The van der Waals surface area contributed by atoms with Crippen LogP contribution in [0.3, 0.4) is 0 Å². The smallest absolute Gasteiger partial charge is 0.127 e. The van der Waals surface area contributed by atoms with Gasteiger partial charge in [-0.15, -0.1) is 0 Å². The first kappa shape index (κ1) is 14.0. The van der Waals surface area contributed by atoms with E-state index in [9.17, 15) is 13.9 Å². The van der Waals surface area contributed by atoms with E-state index in [4.69, 9.17) is 5.73 Å². The van der Waals surface area contributed by atoms with E-state index in [2.05, 4.69) is 0 Å². The molecule has 0 aliphatic heterocycles. The Bertz CT molecular complexity index is 360. The largest absolute Gasteiger partial charge is 0.392 e. The first-order chi connectivity index (χ1) is 8.02. The number of hydrogen-bond acceptors (Lipinski definition) is 3. The highest BCUT2D eigenvalue weighted by Crippen LogP contribution is 2.12. The van der Waals surface area contributed by atoms with Crippen molar-refractivity contribution in [2.24, 2.45) is 5.73 Å². The van der Waals surface area contributed by atoms with E-state index >= 15 is 0 Å². The van der Waals surface area contributed by atoms with Gasteiger partial charge in [-0.1, -0.05) is 0 Å². The fourth-order valence-corrected chi connectivity index (χ4v) is 1.66. The summed E-state index contributed by atoms with van der Waals surface area (Å²) in [6.45, 7) is 1.04. The number of hydrogen-bond donors (Lipinski definition) is 2. The quantitative estimate of drug-likeness (QED) is 0.788. The van der Waals surface area contributed by atoms with Crippen molar-refractivity contribution in [3.8, 4) is 0 Å². The van der Waals surface area contributed by atoms with Crippen LogP contribution >= 0.6 is 0 Å². The molecule has 1 rings (SSSR count). The molecule has 3 nitrogen and oxygen atoms in total. The van der Waals surface area contributed by atoms with E-state index in [1.165, 1.54) is 6.07 Å². The van der Waals surface area contributed by atoms with Gasteiger partial charge in [-0.05, 0) is 38.2 Å². The van der Waals surface area contributed by atoms with Crippen LogP contribution in [0.5, 0.6) is 0 Å². The van der Waals surface area contributed by atoms with Crippen LogP contribution < -0.4 is 5.73 Å². The van der Waals surface area contributed by atoms with Gasteiger partial charge in [0, 0.05) is 18.7 Å². The van der Waals surface area contributed by atoms with Gasteiger partial charge < -0.3 is 10.8 Å². The number of halogens is 2. The van der Waals surface area contributed by atoms with Crippen molar-refractivity contribution in [3.05, 3.63) is 35.4 Å². The van der Waals surface area contributed by atoms with E-state index in [1.807, 2.05) is 0 Å². The zero-order valence-electron chi connectivity index (χ0n) is 9.87. The second-order valence-electron chi connectivity index (χ2n) is 4.16. The molecular weight excluding hydrogens is 226 g/mol. The van der Waals surface area contributed by atoms with Crippen LogP contribution in [0.2, 0.25) is 0 Å². The molecule has 0 fully saturated rings. The summed E-state index contributed by atoms with van der Waals surface area (Å²) in [5.74, 6) is -0.899. The van der Waals surface area contributed by atoms with Gasteiger partial charge in [0.05, 0.1) is 6.10 Å². The SMILES string of the molecule is CN(Cc1cc(F)ccc1F)CC(O)CCN. The van der Waals surface area contributed by atoms with E-state index in [0.717, 1.165) is 12.1 Å². The molecule has 0 radical (unpaired) electrons. The highest BCUT2D eigenvalue weighted by atomic mass is 19.1. The lowest BCUT2D eigenvalue weighted by atomic mass is 10.2. The average molecular weight is 244 g/mol. The van der Waals surface area contributed by atoms with Crippen molar-refractivity contribution in [3.63, 3.8) is 0 Å². The fourth-order valence-electron chi connectivity index (χ4n) is 1.66. The molecule has 0 heterocycles. The maximum absolute atomic E-state index is 13.3. The van der Waals surface area contributed by atoms with Crippen molar-refractivity contribution in [1.82, 2.24) is 4.90 Å². The molecule has 1 atom stereocenters. The van der Waals surface area contributed by atoms with Gasteiger partial charge in [-0.3, -0.25) is 4.90 Å². The molecule has 0 aliphatic rings. The van der Waals surface area contributed by atoms with Gasteiger partial charge in [-0.25, -0.2) is 8.78 Å². The van der Waals surface area contributed by atoms with Crippen molar-refractivity contribution in [2.75, 3.05) is 20.1 Å². The average Bonchev–Trinajstić information content (AvgIpc) is 2.23. The molecule has 1 unspecified atom stereocenters. The molecule has 1 aromatic carbocycles. The Morgan fingerprint density at radius 1 is 1.41 bits per heavy atom. The first-order valence-electron chi connectivity index (χ1n) is 5.53. The van der Waals surface area contributed by atoms with Crippen molar-refractivity contribution < 1.29 is 13.9 Å². The van der Waals surface area contributed by atoms with Crippen molar-refractivity contribution >= 4 is 0 Å². The third-order valence-electron chi connectivity index (χ3n) is 2.47. The Morgan fingerprint density at radius 3 is 2.76 bits per heavy atom. The Morgan fingerprint density at radius 2 is 2.12 bits per heavy atom. The fraction of sp³-hybridized carbons (Fsp3) is 0.500. The molecule has 0 aliphatic carbocycles. The normalized spacial score (nSPS) is 13.1. The number of aliphatic hydroxyl groups excluding tert-OH is 1. The van der Waals surface area contributed by atoms with Crippen LogP contribution in [-0.2, 0) is 6.54 Å². The molecule has 3 N–H and O–H groups in total. The number of aliphatic hydroxyl groups is 1. The maximum Gasteiger partial charge on any atom is 0.127 e. The monoisotopic (exact) mass is 244 g/mol. The molecular formula is C12H18F2N2O. The molecule has 0 amide bonds. The molecule has 0 saturated carbocycles. The summed E-state index contributed by atoms with van der Waals surface area (Å²) in [5.41, 5.74) is 5.60. The second-order valence-corrected chi connectivity index (χ2v) is 4.16. The molecule has 17 heavy (non-hydrogen) atoms. The van der Waals surface area contributed by atoms with E-state index in [-0.39, 0.29) is 12.1 Å². The number of nitrogens with two attached hydrogens (primary N) is 1. The minimum Gasteiger partial charge on any atom is -0.392 e. The van der Waals surface area contributed by atoms with Gasteiger partial charge in [-0.2, -0.15) is 0 Å². The summed E-state index contributed by atoms with van der Waals surface area (Å²) >= 11 is 0. The van der Waals surface area contributed by atoms with Crippen LogP contribution in [0.1, 0.15) is 12.0 Å². The van der Waals surface area contributed by atoms with E-state index in [0.29, 0.717) is 19.5 Å². The summed E-state index contributed by atoms with van der Waals surface area (Å²) in [4.78, 5) is 1.73. The van der Waals surface area contributed by atoms with Gasteiger partial charge in [0.15, 0.2) is 0 Å². The summed E-state index contributed by atoms with van der Waals surface area (Å²) in [6, 6.07) is 3.36.